The number of carbonyl (C=O) groups excluding carboxylic acids is 2. The van der Waals surface area contributed by atoms with Gasteiger partial charge in [0.05, 0.1) is 0 Å². The summed E-state index contributed by atoms with van der Waals surface area (Å²) in [5.74, 6) is 0.204. The fraction of sp³-hybridized carbons (Fsp3) is 0.179. The lowest BCUT2D eigenvalue weighted by molar-refractivity contribution is 0.0996. The van der Waals surface area contributed by atoms with Crippen molar-refractivity contribution >= 4 is 46.3 Å². The third-order valence-electron chi connectivity index (χ3n) is 6.63. The van der Waals surface area contributed by atoms with Crippen LogP contribution in [-0.4, -0.2) is 51.5 Å². The number of primary amides is 1. The van der Waals surface area contributed by atoms with Crippen LogP contribution in [0.25, 0.3) is 10.9 Å². The fourth-order valence-corrected chi connectivity index (χ4v) is 4.69. The molecule has 0 unspecified atom stereocenters. The summed E-state index contributed by atoms with van der Waals surface area (Å²) in [6.07, 6.45) is 0.825. The largest absolute Gasteiger partial charge is 0.463 e. The Hall–Kier alpha value is -5.19. The number of fused-ring (bicyclic) bond motifs is 1. The molecule has 0 radical (unpaired) electrons. The molecule has 0 aliphatic carbocycles. The summed E-state index contributed by atoms with van der Waals surface area (Å²) < 4.78 is 1.80. The van der Waals surface area contributed by atoms with Gasteiger partial charge >= 0.3 is 6.09 Å². The zero-order valence-electron chi connectivity index (χ0n) is 21.0. The summed E-state index contributed by atoms with van der Waals surface area (Å²) in [5, 5.41) is 12.7. The van der Waals surface area contributed by atoms with E-state index in [9.17, 15) is 14.4 Å². The Labute approximate surface area is 223 Å². The van der Waals surface area contributed by atoms with Crippen LogP contribution in [-0.2, 0) is 6.54 Å². The van der Waals surface area contributed by atoms with Crippen molar-refractivity contribution in [2.45, 2.75) is 19.4 Å². The number of nitrogens with two attached hydrogens (primary N) is 2. The van der Waals surface area contributed by atoms with E-state index in [-0.39, 0.29) is 18.3 Å². The van der Waals surface area contributed by atoms with Gasteiger partial charge in [0, 0.05) is 41.7 Å². The van der Waals surface area contributed by atoms with Crippen LogP contribution < -0.4 is 21.7 Å². The number of carbonyl (C=O) groups is 3. The first-order valence-corrected chi connectivity index (χ1v) is 12.4. The standard InChI is InChI=1S/C28H27N7O4/c29-25(33-28(38)39)20-11-10-19-14-22(27(37)32-23-4-3-5-24(31-23)34-12-1-2-13-34)35(21(19)15-20)16-17-6-8-18(9-7-17)26(30)36/h3-11,14-15H,1-2,12-13,16H2,(H2,29,33)(H2,30,36)(H,38,39)(H,31,32,37). The highest BCUT2D eigenvalue weighted by Gasteiger charge is 2.19. The van der Waals surface area contributed by atoms with Crippen molar-refractivity contribution in [2.75, 3.05) is 23.3 Å². The Bertz CT molecular complexity index is 1600. The van der Waals surface area contributed by atoms with E-state index in [1.54, 1.807) is 59.2 Å². The van der Waals surface area contributed by atoms with Gasteiger partial charge in [-0.05, 0) is 54.8 Å². The first-order chi connectivity index (χ1) is 18.8. The van der Waals surface area contributed by atoms with E-state index < -0.39 is 12.0 Å². The van der Waals surface area contributed by atoms with E-state index in [0.717, 1.165) is 42.7 Å². The molecule has 1 fully saturated rings. The predicted octanol–water partition coefficient (Wildman–Crippen LogP) is 3.42. The number of nitrogens with zero attached hydrogens (tertiary/aromatic N) is 4. The van der Waals surface area contributed by atoms with Crippen molar-refractivity contribution in [1.82, 2.24) is 9.55 Å². The maximum absolute atomic E-state index is 13.6. The molecule has 4 aromatic rings. The molecular formula is C28H27N7O4. The number of carboxylic acid groups (broad SMARTS) is 1. The monoisotopic (exact) mass is 525 g/mol. The topological polar surface area (TPSA) is 169 Å². The van der Waals surface area contributed by atoms with Crippen molar-refractivity contribution in [3.63, 3.8) is 0 Å². The van der Waals surface area contributed by atoms with Gasteiger partial charge in [-0.1, -0.05) is 30.3 Å². The lowest BCUT2D eigenvalue weighted by Crippen LogP contribution is -2.21. The highest BCUT2D eigenvalue weighted by atomic mass is 16.4. The fourth-order valence-electron chi connectivity index (χ4n) is 4.69. The van der Waals surface area contributed by atoms with Gasteiger partial charge < -0.3 is 31.4 Å². The molecule has 1 saturated heterocycles. The number of hydrogen-bond donors (Lipinski definition) is 4. The van der Waals surface area contributed by atoms with Crippen LogP contribution in [0.4, 0.5) is 16.4 Å². The third-order valence-corrected chi connectivity index (χ3v) is 6.63. The lowest BCUT2D eigenvalue weighted by Gasteiger charge is -2.17. The molecule has 1 aliphatic rings. The summed E-state index contributed by atoms with van der Waals surface area (Å²) >= 11 is 0. The Morgan fingerprint density at radius 1 is 0.949 bits per heavy atom. The van der Waals surface area contributed by atoms with E-state index in [2.05, 4.69) is 20.2 Å². The Morgan fingerprint density at radius 2 is 1.67 bits per heavy atom. The second-order valence-corrected chi connectivity index (χ2v) is 9.26. The molecule has 39 heavy (non-hydrogen) atoms. The Kier molecular flexibility index (Phi) is 6.96. The third kappa shape index (κ3) is 5.57. The Balaban J connectivity index is 1.53. The van der Waals surface area contributed by atoms with Crippen LogP contribution in [0, 0.1) is 0 Å². The van der Waals surface area contributed by atoms with Crippen LogP contribution >= 0.6 is 0 Å². The maximum Gasteiger partial charge on any atom is 0.433 e. The number of aliphatic imine (C=N–C) groups is 1. The molecule has 11 heteroatoms. The predicted molar refractivity (Wildman–Crippen MR) is 148 cm³/mol. The van der Waals surface area contributed by atoms with E-state index >= 15 is 0 Å². The zero-order chi connectivity index (χ0) is 27.5. The van der Waals surface area contributed by atoms with Crippen molar-refractivity contribution in [3.05, 3.63) is 89.1 Å². The molecular weight excluding hydrogens is 498 g/mol. The average molecular weight is 526 g/mol. The number of aromatic nitrogens is 2. The van der Waals surface area contributed by atoms with Crippen molar-refractivity contribution < 1.29 is 19.5 Å². The van der Waals surface area contributed by atoms with Crippen LogP contribution in [0.5, 0.6) is 0 Å². The second kappa shape index (κ2) is 10.7. The number of pyridine rings is 1. The molecule has 0 spiro atoms. The van der Waals surface area contributed by atoms with Crippen LogP contribution in [0.3, 0.4) is 0 Å². The molecule has 3 amide bonds. The van der Waals surface area contributed by atoms with Gasteiger partial charge in [0.2, 0.25) is 5.91 Å². The first-order valence-electron chi connectivity index (χ1n) is 12.4. The number of amidine groups is 1. The highest BCUT2D eigenvalue weighted by molar-refractivity contribution is 6.08. The van der Waals surface area contributed by atoms with E-state index in [1.165, 1.54) is 0 Å². The molecule has 2 aromatic carbocycles. The van der Waals surface area contributed by atoms with E-state index in [0.29, 0.717) is 28.2 Å². The van der Waals surface area contributed by atoms with Crippen LogP contribution in [0.2, 0.25) is 0 Å². The molecule has 2 aromatic heterocycles. The number of nitrogens with one attached hydrogen (secondary N) is 1. The number of benzene rings is 2. The quantitative estimate of drug-likeness (QED) is 0.212. The summed E-state index contributed by atoms with van der Waals surface area (Å²) in [4.78, 5) is 46.3. The molecule has 6 N–H and O–H groups in total. The number of rotatable bonds is 7. The van der Waals surface area contributed by atoms with E-state index in [1.807, 2.05) is 12.1 Å². The summed E-state index contributed by atoms with van der Waals surface area (Å²) in [6.45, 7) is 2.15. The van der Waals surface area contributed by atoms with Crippen LogP contribution in [0.15, 0.2) is 71.7 Å². The van der Waals surface area contributed by atoms with Gasteiger partial charge in [-0.2, -0.15) is 4.99 Å². The second-order valence-electron chi connectivity index (χ2n) is 9.26. The summed E-state index contributed by atoms with van der Waals surface area (Å²) in [5.41, 5.74) is 13.9. The van der Waals surface area contributed by atoms with E-state index in [4.69, 9.17) is 16.6 Å². The molecule has 0 atom stereocenters. The summed E-state index contributed by atoms with van der Waals surface area (Å²) in [6, 6.07) is 19.2. The van der Waals surface area contributed by atoms with Gasteiger partial charge in [-0.15, -0.1) is 0 Å². The average Bonchev–Trinajstić information content (AvgIpc) is 3.57. The number of anilines is 2. The highest BCUT2D eigenvalue weighted by Crippen LogP contribution is 2.25. The first kappa shape index (κ1) is 25.5. The molecule has 5 rings (SSSR count). The van der Waals surface area contributed by atoms with Gasteiger partial charge in [0.25, 0.3) is 5.91 Å². The minimum absolute atomic E-state index is 0.156. The molecule has 0 bridgehead atoms. The smallest absolute Gasteiger partial charge is 0.433 e. The van der Waals surface area contributed by atoms with Crippen LogP contribution in [0.1, 0.15) is 44.8 Å². The molecule has 0 saturated carbocycles. The normalized spacial score (nSPS) is 13.5. The maximum atomic E-state index is 13.6. The summed E-state index contributed by atoms with van der Waals surface area (Å²) in [7, 11) is 0. The van der Waals surface area contributed by atoms with Gasteiger partial charge in [-0.25, -0.2) is 9.78 Å². The minimum Gasteiger partial charge on any atom is -0.463 e. The SMILES string of the molecule is NC(=O)c1ccc(Cn2c(C(=O)Nc3cccc(N4CCCC4)n3)cc3ccc(C(N)=NC(=O)O)cc32)cc1. The minimum atomic E-state index is -1.40. The van der Waals surface area contributed by atoms with Crippen molar-refractivity contribution in [3.8, 4) is 0 Å². The van der Waals surface area contributed by atoms with Crippen molar-refractivity contribution in [2.24, 2.45) is 16.5 Å². The van der Waals surface area contributed by atoms with Gasteiger partial charge in [0.15, 0.2) is 0 Å². The van der Waals surface area contributed by atoms with Gasteiger partial charge in [-0.3, -0.25) is 9.59 Å². The number of amides is 3. The number of hydrogen-bond acceptors (Lipinski definition) is 5. The molecule has 3 heterocycles. The Morgan fingerprint density at radius 3 is 2.36 bits per heavy atom. The lowest BCUT2D eigenvalue weighted by atomic mass is 10.1. The molecule has 11 nitrogen and oxygen atoms in total. The molecule has 198 valence electrons. The van der Waals surface area contributed by atoms with Crippen molar-refractivity contribution in [1.29, 1.82) is 0 Å². The van der Waals surface area contributed by atoms with Gasteiger partial charge in [0.1, 0.15) is 23.2 Å². The zero-order valence-corrected chi connectivity index (χ0v) is 21.0. The molecule has 1 aliphatic heterocycles.